The largest absolute Gasteiger partial charge is 0.312 e. The van der Waals surface area contributed by atoms with Gasteiger partial charge in [-0.1, -0.05) is 26.7 Å². The Morgan fingerprint density at radius 1 is 1.00 bits per heavy atom. The number of pyridine rings is 3. The maximum absolute atomic E-state index is 13.3. The second kappa shape index (κ2) is 6.69. The minimum absolute atomic E-state index is 0.0702. The number of nitrogens with zero attached hydrogens (tertiary/aromatic N) is 4. The van der Waals surface area contributed by atoms with Gasteiger partial charge in [-0.3, -0.25) is 19.3 Å². The van der Waals surface area contributed by atoms with Crippen molar-refractivity contribution >= 4 is 21.8 Å². The van der Waals surface area contributed by atoms with Crippen LogP contribution in [-0.2, 0) is 0 Å². The van der Waals surface area contributed by atoms with Crippen LogP contribution in [0.3, 0.4) is 0 Å². The molecule has 4 heterocycles. The Morgan fingerprint density at radius 3 is 2.52 bits per heavy atom. The highest BCUT2D eigenvalue weighted by molar-refractivity contribution is 5.91. The van der Waals surface area contributed by atoms with Gasteiger partial charge in [0.2, 0.25) is 0 Å². The van der Waals surface area contributed by atoms with Crippen LogP contribution in [-0.4, -0.2) is 24.3 Å². The van der Waals surface area contributed by atoms with Gasteiger partial charge in [-0.2, -0.15) is 5.10 Å². The molecule has 1 N–H and O–H groups in total. The molecule has 0 amide bonds. The lowest BCUT2D eigenvalue weighted by atomic mass is 9.78. The molecule has 1 aliphatic rings. The lowest BCUT2D eigenvalue weighted by molar-refractivity contribution is 0.183. The molecule has 0 unspecified atom stereocenters. The van der Waals surface area contributed by atoms with Crippen LogP contribution in [0, 0.1) is 11.8 Å². The monoisotopic (exact) mass is 389 g/mol. The Hall–Kier alpha value is -3.22. The van der Waals surface area contributed by atoms with Crippen molar-refractivity contribution in [2.75, 3.05) is 0 Å². The smallest absolute Gasteiger partial charge is 0.265 e. The molecule has 0 bridgehead atoms. The maximum Gasteiger partial charge on any atom is 0.265 e. The first-order valence-corrected chi connectivity index (χ1v) is 10.1. The highest BCUT2D eigenvalue weighted by Crippen LogP contribution is 2.37. The molecule has 0 aromatic carbocycles. The molecule has 7 heteroatoms. The van der Waals surface area contributed by atoms with Crippen LogP contribution < -0.4 is 11.1 Å². The second-order valence-corrected chi connectivity index (χ2v) is 8.15. The molecule has 1 fully saturated rings. The van der Waals surface area contributed by atoms with E-state index in [2.05, 4.69) is 29.0 Å². The van der Waals surface area contributed by atoms with E-state index in [1.165, 1.54) is 11.0 Å². The molecular formula is C22H23N5O2. The van der Waals surface area contributed by atoms with Gasteiger partial charge >= 0.3 is 0 Å². The molecule has 7 nitrogen and oxygen atoms in total. The van der Waals surface area contributed by atoms with Crippen LogP contribution in [0.15, 0.2) is 52.4 Å². The van der Waals surface area contributed by atoms with E-state index in [9.17, 15) is 9.59 Å². The summed E-state index contributed by atoms with van der Waals surface area (Å²) in [7, 11) is 0. The first kappa shape index (κ1) is 17.8. The third-order valence-electron chi connectivity index (χ3n) is 6.54. The van der Waals surface area contributed by atoms with E-state index in [4.69, 9.17) is 0 Å². The van der Waals surface area contributed by atoms with Gasteiger partial charge in [0.15, 0.2) is 0 Å². The first-order valence-electron chi connectivity index (χ1n) is 10.1. The van der Waals surface area contributed by atoms with Gasteiger partial charge in [-0.25, -0.2) is 4.98 Å². The summed E-state index contributed by atoms with van der Waals surface area (Å²) in [5.41, 5.74) is 0.902. The SMILES string of the molecule is C[C@@H]1[C@H](C)CCC[C@@H]1n1ccc2nc3ccn(-c4ccn[nH]4)c(=O)c3cc2c1=O. The second-order valence-electron chi connectivity index (χ2n) is 8.15. The van der Waals surface area contributed by atoms with Crippen molar-refractivity contribution in [3.8, 4) is 5.82 Å². The van der Waals surface area contributed by atoms with Gasteiger partial charge in [0.1, 0.15) is 5.82 Å². The molecule has 1 aliphatic carbocycles. The molecule has 0 saturated heterocycles. The molecule has 29 heavy (non-hydrogen) atoms. The van der Waals surface area contributed by atoms with E-state index in [0.29, 0.717) is 39.5 Å². The number of nitrogens with one attached hydrogen (secondary N) is 1. The van der Waals surface area contributed by atoms with Crippen LogP contribution in [0.25, 0.3) is 27.6 Å². The predicted molar refractivity (Wildman–Crippen MR) is 112 cm³/mol. The van der Waals surface area contributed by atoms with Gasteiger partial charge in [0.25, 0.3) is 11.1 Å². The van der Waals surface area contributed by atoms with Crippen molar-refractivity contribution < 1.29 is 0 Å². The molecule has 5 rings (SSSR count). The summed E-state index contributed by atoms with van der Waals surface area (Å²) in [5, 5.41) is 7.62. The van der Waals surface area contributed by atoms with E-state index in [-0.39, 0.29) is 17.2 Å². The Morgan fingerprint density at radius 2 is 1.76 bits per heavy atom. The zero-order valence-corrected chi connectivity index (χ0v) is 16.5. The van der Waals surface area contributed by atoms with Crippen molar-refractivity contribution in [3.05, 3.63) is 63.6 Å². The summed E-state index contributed by atoms with van der Waals surface area (Å²) < 4.78 is 3.34. The summed E-state index contributed by atoms with van der Waals surface area (Å²) in [5.74, 6) is 1.60. The van der Waals surface area contributed by atoms with Gasteiger partial charge in [0, 0.05) is 24.5 Å². The molecule has 1 saturated carbocycles. The molecule has 4 aromatic rings. The van der Waals surface area contributed by atoms with Gasteiger partial charge in [-0.15, -0.1) is 0 Å². The average Bonchev–Trinajstić information content (AvgIpc) is 3.25. The number of hydrogen-bond donors (Lipinski definition) is 1. The number of rotatable bonds is 2. The van der Waals surface area contributed by atoms with Crippen molar-refractivity contribution in [2.45, 2.75) is 39.2 Å². The molecule has 3 atom stereocenters. The van der Waals surface area contributed by atoms with E-state index in [0.717, 1.165) is 12.8 Å². The fourth-order valence-corrected chi connectivity index (χ4v) is 4.62. The Kier molecular flexibility index (Phi) is 4.12. The van der Waals surface area contributed by atoms with Crippen LogP contribution in [0.1, 0.15) is 39.2 Å². The third kappa shape index (κ3) is 2.80. The Bertz CT molecular complexity index is 1320. The molecule has 0 spiro atoms. The van der Waals surface area contributed by atoms with E-state index < -0.39 is 0 Å². The zero-order chi connectivity index (χ0) is 20.1. The van der Waals surface area contributed by atoms with Crippen molar-refractivity contribution in [2.24, 2.45) is 11.8 Å². The summed E-state index contributed by atoms with van der Waals surface area (Å²) in [6.45, 7) is 4.49. The third-order valence-corrected chi connectivity index (χ3v) is 6.54. The van der Waals surface area contributed by atoms with E-state index in [1.807, 2.05) is 16.8 Å². The number of fused-ring (bicyclic) bond motifs is 2. The molecule has 0 radical (unpaired) electrons. The van der Waals surface area contributed by atoms with Crippen molar-refractivity contribution in [1.29, 1.82) is 0 Å². The minimum Gasteiger partial charge on any atom is -0.312 e. The number of aromatic amines is 1. The average molecular weight is 389 g/mol. The molecule has 148 valence electrons. The maximum atomic E-state index is 13.3. The highest BCUT2D eigenvalue weighted by atomic mass is 16.1. The standard InChI is InChI=1S/C22H23N5O2/c1-13-4-3-5-19(14(13)2)26-10-7-17-15(21(26)28)12-16-18(24-17)8-11-27(22(16)29)20-6-9-23-25-20/h6-14,19H,3-5H2,1-2H3,(H,23,25)/t13-,14-,19+/m1/s1. The van der Waals surface area contributed by atoms with Gasteiger partial charge in [0.05, 0.1) is 28.0 Å². The van der Waals surface area contributed by atoms with Crippen LogP contribution in [0.2, 0.25) is 0 Å². The number of H-pyrrole nitrogens is 1. The zero-order valence-electron chi connectivity index (χ0n) is 16.5. The van der Waals surface area contributed by atoms with Crippen molar-refractivity contribution in [3.63, 3.8) is 0 Å². The van der Waals surface area contributed by atoms with Crippen molar-refractivity contribution in [1.82, 2.24) is 24.3 Å². The fraction of sp³-hybridized carbons (Fsp3) is 0.364. The quantitative estimate of drug-likeness (QED) is 0.532. The van der Waals surface area contributed by atoms with E-state index >= 15 is 0 Å². The summed E-state index contributed by atoms with van der Waals surface area (Å²) in [4.78, 5) is 31.0. The molecular weight excluding hydrogens is 366 g/mol. The highest BCUT2D eigenvalue weighted by Gasteiger charge is 2.29. The van der Waals surface area contributed by atoms with Gasteiger partial charge < -0.3 is 4.57 Å². The Balaban J connectivity index is 1.72. The van der Waals surface area contributed by atoms with Crippen LogP contribution in [0.5, 0.6) is 0 Å². The summed E-state index contributed by atoms with van der Waals surface area (Å²) in [6, 6.07) is 7.28. The number of aromatic nitrogens is 5. The molecule has 4 aromatic heterocycles. The van der Waals surface area contributed by atoms with Gasteiger partial charge in [-0.05, 0) is 36.5 Å². The van der Waals surface area contributed by atoms with E-state index in [1.54, 1.807) is 30.6 Å². The Labute approximate surface area is 167 Å². The number of hydrogen-bond acceptors (Lipinski definition) is 4. The summed E-state index contributed by atoms with van der Waals surface area (Å²) >= 11 is 0. The normalized spacial score (nSPS) is 22.3. The summed E-state index contributed by atoms with van der Waals surface area (Å²) in [6.07, 6.45) is 8.48. The topological polar surface area (TPSA) is 85.6 Å². The van der Waals surface area contributed by atoms with Crippen LogP contribution in [0.4, 0.5) is 0 Å². The molecule has 0 aliphatic heterocycles. The first-order chi connectivity index (χ1) is 14.0. The van der Waals surface area contributed by atoms with Crippen LogP contribution >= 0.6 is 0 Å². The predicted octanol–water partition coefficient (Wildman–Crippen LogP) is 3.42. The fourth-order valence-electron chi connectivity index (χ4n) is 4.62. The lowest BCUT2D eigenvalue weighted by Gasteiger charge is -2.35. The minimum atomic E-state index is -0.226. The lowest BCUT2D eigenvalue weighted by Crippen LogP contribution is -2.33.